The minimum atomic E-state index is 0.0497. The molecular weight excluding hydrogens is 266 g/mol. The smallest absolute Gasteiger partial charge is 0.0354 e. The van der Waals surface area contributed by atoms with Gasteiger partial charge in [0.1, 0.15) is 0 Å². The van der Waals surface area contributed by atoms with E-state index < -0.39 is 0 Å². The molecule has 0 fully saturated rings. The molecule has 0 N–H and O–H groups in total. The standard InChI is InChI=1S/C12H14BrN3/c1-8(15-16-14)7-10-6-5-9-3-2-4-11(13)12(9)10/h4-6,8,10H,2-3,7H2,1H3/t8-,10?/m0/s1. The molecule has 0 radical (unpaired) electrons. The van der Waals surface area contributed by atoms with Crippen LogP contribution in [0.15, 0.2) is 39.0 Å². The number of nitrogens with zero attached hydrogens (tertiary/aromatic N) is 3. The van der Waals surface area contributed by atoms with Gasteiger partial charge < -0.3 is 0 Å². The molecule has 2 aliphatic rings. The first kappa shape index (κ1) is 11.5. The van der Waals surface area contributed by atoms with Crippen molar-refractivity contribution in [2.45, 2.75) is 32.2 Å². The topological polar surface area (TPSA) is 48.8 Å². The maximum Gasteiger partial charge on any atom is 0.0354 e. The van der Waals surface area contributed by atoms with Crippen molar-refractivity contribution in [2.24, 2.45) is 11.0 Å². The third-order valence-corrected chi connectivity index (χ3v) is 3.84. The summed E-state index contributed by atoms with van der Waals surface area (Å²) in [6.07, 6.45) is 9.82. The van der Waals surface area contributed by atoms with Gasteiger partial charge in [-0.05, 0) is 35.9 Å². The van der Waals surface area contributed by atoms with Crippen LogP contribution >= 0.6 is 15.9 Å². The summed E-state index contributed by atoms with van der Waals surface area (Å²) in [5, 5.41) is 3.74. The Labute approximate surface area is 104 Å². The lowest BCUT2D eigenvalue weighted by Gasteiger charge is -2.19. The molecule has 84 valence electrons. The largest absolute Gasteiger partial charge is 0.0909 e. The quantitative estimate of drug-likeness (QED) is 0.411. The molecule has 2 rings (SSSR count). The molecule has 3 nitrogen and oxygen atoms in total. The van der Waals surface area contributed by atoms with Gasteiger partial charge in [-0.3, -0.25) is 0 Å². The van der Waals surface area contributed by atoms with Gasteiger partial charge in [0.15, 0.2) is 0 Å². The van der Waals surface area contributed by atoms with E-state index in [2.05, 4.69) is 44.2 Å². The summed E-state index contributed by atoms with van der Waals surface area (Å²) in [6, 6.07) is 0.0497. The molecule has 0 bridgehead atoms. The van der Waals surface area contributed by atoms with Crippen molar-refractivity contribution in [3.8, 4) is 0 Å². The van der Waals surface area contributed by atoms with Gasteiger partial charge in [0.05, 0.1) is 0 Å². The van der Waals surface area contributed by atoms with E-state index in [1.54, 1.807) is 0 Å². The van der Waals surface area contributed by atoms with Crippen LogP contribution in [0, 0.1) is 5.92 Å². The Balaban J connectivity index is 2.14. The van der Waals surface area contributed by atoms with E-state index >= 15 is 0 Å². The normalized spacial score (nSPS) is 24.9. The first-order valence-corrected chi connectivity index (χ1v) is 6.33. The van der Waals surface area contributed by atoms with Crippen LogP contribution in [0.1, 0.15) is 26.2 Å². The molecule has 0 aromatic carbocycles. The van der Waals surface area contributed by atoms with Crippen LogP contribution in [-0.4, -0.2) is 6.04 Å². The average Bonchev–Trinajstić information content (AvgIpc) is 2.63. The zero-order valence-corrected chi connectivity index (χ0v) is 10.8. The second-order valence-corrected chi connectivity index (χ2v) is 5.14. The zero-order valence-electron chi connectivity index (χ0n) is 9.23. The fraction of sp³-hybridized carbons (Fsp3) is 0.500. The second-order valence-electron chi connectivity index (χ2n) is 4.28. The Bertz CT molecular complexity index is 428. The van der Waals surface area contributed by atoms with Crippen LogP contribution in [0.2, 0.25) is 0 Å². The SMILES string of the molecule is C[C@@H](CC1C=CC2=C1C(Br)=CCC2)N=[N+]=[N-]. The third kappa shape index (κ3) is 2.23. The van der Waals surface area contributed by atoms with Crippen molar-refractivity contribution in [1.82, 2.24) is 0 Å². The monoisotopic (exact) mass is 279 g/mol. The van der Waals surface area contributed by atoms with Crippen LogP contribution in [-0.2, 0) is 0 Å². The molecular formula is C12H14BrN3. The summed E-state index contributed by atoms with van der Waals surface area (Å²) in [4.78, 5) is 2.86. The summed E-state index contributed by atoms with van der Waals surface area (Å²) in [5.41, 5.74) is 11.2. The predicted molar refractivity (Wildman–Crippen MR) is 69.1 cm³/mol. The average molecular weight is 280 g/mol. The van der Waals surface area contributed by atoms with Crippen LogP contribution in [0.25, 0.3) is 10.4 Å². The molecule has 1 unspecified atom stereocenters. The Morgan fingerprint density at radius 1 is 1.69 bits per heavy atom. The molecule has 2 atom stereocenters. The van der Waals surface area contributed by atoms with Crippen molar-refractivity contribution < 1.29 is 0 Å². The van der Waals surface area contributed by atoms with Gasteiger partial charge in [-0.15, -0.1) is 0 Å². The summed E-state index contributed by atoms with van der Waals surface area (Å²) in [5.74, 6) is 0.404. The number of hydrogen-bond acceptors (Lipinski definition) is 1. The molecule has 0 aromatic rings. The number of halogens is 1. The minimum Gasteiger partial charge on any atom is -0.0909 e. The molecule has 0 saturated carbocycles. The van der Waals surface area contributed by atoms with E-state index in [4.69, 9.17) is 5.53 Å². The highest BCUT2D eigenvalue weighted by Gasteiger charge is 2.25. The predicted octanol–water partition coefficient (Wildman–Crippen LogP) is 4.63. The molecule has 4 heteroatoms. The lowest BCUT2D eigenvalue weighted by atomic mass is 9.90. The molecule has 2 aliphatic carbocycles. The Kier molecular flexibility index (Phi) is 3.52. The maximum absolute atomic E-state index is 8.40. The second kappa shape index (κ2) is 4.89. The fourth-order valence-electron chi connectivity index (χ4n) is 2.37. The number of allylic oxidation sites excluding steroid dienone is 6. The van der Waals surface area contributed by atoms with E-state index in [-0.39, 0.29) is 6.04 Å². The van der Waals surface area contributed by atoms with Crippen molar-refractivity contribution in [1.29, 1.82) is 0 Å². The summed E-state index contributed by atoms with van der Waals surface area (Å²) in [7, 11) is 0. The van der Waals surface area contributed by atoms with Crippen molar-refractivity contribution in [3.05, 3.63) is 44.3 Å². The van der Waals surface area contributed by atoms with E-state index in [1.165, 1.54) is 15.6 Å². The molecule has 0 amide bonds. The van der Waals surface area contributed by atoms with Crippen LogP contribution in [0.4, 0.5) is 0 Å². The van der Waals surface area contributed by atoms with Crippen LogP contribution < -0.4 is 0 Å². The van der Waals surface area contributed by atoms with Gasteiger partial charge in [0.25, 0.3) is 0 Å². The van der Waals surface area contributed by atoms with Crippen LogP contribution in [0.5, 0.6) is 0 Å². The lowest BCUT2D eigenvalue weighted by Crippen LogP contribution is -2.09. The van der Waals surface area contributed by atoms with Gasteiger partial charge in [0, 0.05) is 21.4 Å². The van der Waals surface area contributed by atoms with Crippen LogP contribution in [0.3, 0.4) is 0 Å². The lowest BCUT2D eigenvalue weighted by molar-refractivity contribution is 0.585. The van der Waals surface area contributed by atoms with E-state index in [0.29, 0.717) is 5.92 Å². The van der Waals surface area contributed by atoms with Crippen molar-refractivity contribution in [3.63, 3.8) is 0 Å². The van der Waals surface area contributed by atoms with Crippen molar-refractivity contribution >= 4 is 15.9 Å². The zero-order chi connectivity index (χ0) is 11.5. The van der Waals surface area contributed by atoms with E-state index in [9.17, 15) is 0 Å². The summed E-state index contributed by atoms with van der Waals surface area (Å²) < 4.78 is 1.22. The number of azide groups is 1. The van der Waals surface area contributed by atoms with Gasteiger partial charge in [-0.1, -0.05) is 46.2 Å². The molecule has 0 spiro atoms. The Morgan fingerprint density at radius 2 is 2.50 bits per heavy atom. The summed E-state index contributed by atoms with van der Waals surface area (Å²) >= 11 is 3.62. The highest BCUT2D eigenvalue weighted by Crippen LogP contribution is 2.41. The van der Waals surface area contributed by atoms with E-state index in [1.807, 2.05) is 6.92 Å². The molecule has 0 aliphatic heterocycles. The molecule has 16 heavy (non-hydrogen) atoms. The summed E-state index contributed by atoms with van der Waals surface area (Å²) in [6.45, 7) is 1.96. The van der Waals surface area contributed by atoms with Gasteiger partial charge in [0.2, 0.25) is 0 Å². The number of rotatable bonds is 3. The van der Waals surface area contributed by atoms with Gasteiger partial charge in [-0.25, -0.2) is 0 Å². The van der Waals surface area contributed by atoms with Gasteiger partial charge in [-0.2, -0.15) is 0 Å². The van der Waals surface area contributed by atoms with Gasteiger partial charge >= 0.3 is 0 Å². The Morgan fingerprint density at radius 3 is 3.25 bits per heavy atom. The Hall–Kier alpha value is -0.990. The fourth-order valence-corrected chi connectivity index (χ4v) is 3.15. The first-order chi connectivity index (χ1) is 7.72. The molecule has 0 aromatic heterocycles. The number of hydrogen-bond donors (Lipinski definition) is 0. The third-order valence-electron chi connectivity index (χ3n) is 3.08. The first-order valence-electron chi connectivity index (χ1n) is 5.54. The maximum atomic E-state index is 8.40. The van der Waals surface area contributed by atoms with E-state index in [0.717, 1.165) is 19.3 Å². The minimum absolute atomic E-state index is 0.0497. The molecule has 0 heterocycles. The highest BCUT2D eigenvalue weighted by molar-refractivity contribution is 9.12. The van der Waals surface area contributed by atoms with Crippen molar-refractivity contribution in [2.75, 3.05) is 0 Å². The highest BCUT2D eigenvalue weighted by atomic mass is 79.9. The molecule has 0 saturated heterocycles.